The van der Waals surface area contributed by atoms with Crippen molar-refractivity contribution in [2.45, 2.75) is 26.3 Å². The molecule has 0 radical (unpaired) electrons. The molecule has 0 amide bonds. The molecule has 0 saturated heterocycles. The van der Waals surface area contributed by atoms with Gasteiger partial charge in [0.25, 0.3) is 0 Å². The lowest BCUT2D eigenvalue weighted by Crippen LogP contribution is -2.37. The van der Waals surface area contributed by atoms with Gasteiger partial charge >= 0.3 is 11.7 Å². The van der Waals surface area contributed by atoms with Gasteiger partial charge in [-0.2, -0.15) is 0 Å². The van der Waals surface area contributed by atoms with Crippen molar-refractivity contribution in [3.8, 4) is 5.75 Å². The number of carbonyl (C=O) groups excluding carboxylic acids is 1. The second-order valence-electron chi connectivity index (χ2n) is 4.08. The number of carbonyl (C=O) groups is 1. The third kappa shape index (κ3) is 4.20. The number of ether oxygens (including phenoxy) is 2. The molecule has 0 heterocycles. The van der Waals surface area contributed by atoms with Gasteiger partial charge in [-0.05, 0) is 25.0 Å². The number of benzene rings is 1. The van der Waals surface area contributed by atoms with Crippen LogP contribution in [0.25, 0.3) is 0 Å². The molecule has 110 valence electrons. The molecule has 0 saturated carbocycles. The van der Waals surface area contributed by atoms with E-state index < -0.39 is 16.9 Å². The van der Waals surface area contributed by atoms with Gasteiger partial charge in [-0.25, -0.2) is 0 Å². The molecule has 1 aromatic carbocycles. The Bertz CT molecular complexity index is 490. The van der Waals surface area contributed by atoms with E-state index in [1.807, 2.05) is 6.92 Å². The van der Waals surface area contributed by atoms with Crippen LogP contribution in [0.15, 0.2) is 18.2 Å². The summed E-state index contributed by atoms with van der Waals surface area (Å²) in [6.45, 7) is 3.61. The summed E-state index contributed by atoms with van der Waals surface area (Å²) in [5.74, 6) is -0.507. The first kappa shape index (κ1) is 15.9. The van der Waals surface area contributed by atoms with Crippen LogP contribution >= 0.6 is 0 Å². The molecule has 0 aliphatic rings. The smallest absolute Gasteiger partial charge is 0.326 e. The number of nitro groups is 1. The van der Waals surface area contributed by atoms with Crippen LogP contribution in [0.2, 0.25) is 0 Å². The molecule has 7 nitrogen and oxygen atoms in total. The van der Waals surface area contributed by atoms with Crippen molar-refractivity contribution in [2.75, 3.05) is 13.2 Å². The van der Waals surface area contributed by atoms with Gasteiger partial charge in [-0.3, -0.25) is 14.9 Å². The largest absolute Gasteiger partial charge is 0.485 e. The lowest BCUT2D eigenvalue weighted by Gasteiger charge is -2.12. The molecule has 2 N–H and O–H groups in total. The number of rotatable bonds is 7. The second kappa shape index (κ2) is 7.44. The average molecular weight is 282 g/mol. The fourth-order valence-electron chi connectivity index (χ4n) is 1.54. The SMILES string of the molecule is CCOC(=O)C(N)COc1ccc(CC)cc1[N+](=O)[O-]. The van der Waals surface area contributed by atoms with Crippen LogP contribution in [0.1, 0.15) is 19.4 Å². The van der Waals surface area contributed by atoms with Crippen molar-refractivity contribution >= 4 is 11.7 Å². The molecule has 1 aromatic rings. The molecule has 0 spiro atoms. The summed E-state index contributed by atoms with van der Waals surface area (Å²) in [6.07, 6.45) is 0.684. The molecule has 20 heavy (non-hydrogen) atoms. The van der Waals surface area contributed by atoms with E-state index in [2.05, 4.69) is 0 Å². The average Bonchev–Trinajstić information content (AvgIpc) is 2.44. The lowest BCUT2D eigenvalue weighted by atomic mass is 10.1. The van der Waals surface area contributed by atoms with E-state index in [0.29, 0.717) is 6.42 Å². The molecule has 7 heteroatoms. The van der Waals surface area contributed by atoms with Crippen LogP contribution < -0.4 is 10.5 Å². The molecule has 1 unspecified atom stereocenters. The molecular weight excluding hydrogens is 264 g/mol. The third-order valence-corrected chi connectivity index (χ3v) is 2.64. The van der Waals surface area contributed by atoms with E-state index in [0.717, 1.165) is 5.56 Å². The molecule has 0 aliphatic heterocycles. The number of hydrogen-bond donors (Lipinski definition) is 1. The Labute approximate surface area is 116 Å². The second-order valence-corrected chi connectivity index (χ2v) is 4.08. The van der Waals surface area contributed by atoms with Crippen molar-refractivity contribution in [2.24, 2.45) is 5.73 Å². The Balaban J connectivity index is 2.77. The molecule has 1 atom stereocenters. The fraction of sp³-hybridized carbons (Fsp3) is 0.462. The number of nitro benzene ring substituents is 1. The van der Waals surface area contributed by atoms with Crippen molar-refractivity contribution in [1.82, 2.24) is 0 Å². The zero-order valence-corrected chi connectivity index (χ0v) is 11.5. The van der Waals surface area contributed by atoms with Gasteiger partial charge < -0.3 is 15.2 Å². The first-order valence-electron chi connectivity index (χ1n) is 6.31. The molecular formula is C13H18N2O5. The van der Waals surface area contributed by atoms with Gasteiger partial charge in [0.05, 0.1) is 11.5 Å². The Morgan fingerprint density at radius 3 is 2.70 bits per heavy atom. The maximum Gasteiger partial charge on any atom is 0.326 e. The van der Waals surface area contributed by atoms with E-state index in [9.17, 15) is 14.9 Å². The highest BCUT2D eigenvalue weighted by molar-refractivity contribution is 5.75. The molecule has 0 bridgehead atoms. The Morgan fingerprint density at radius 2 is 2.15 bits per heavy atom. The first-order valence-corrected chi connectivity index (χ1v) is 6.31. The normalized spacial score (nSPS) is 11.8. The van der Waals surface area contributed by atoms with Crippen molar-refractivity contribution in [3.63, 3.8) is 0 Å². The third-order valence-electron chi connectivity index (χ3n) is 2.64. The van der Waals surface area contributed by atoms with Crippen molar-refractivity contribution in [3.05, 3.63) is 33.9 Å². The summed E-state index contributed by atoms with van der Waals surface area (Å²) >= 11 is 0. The summed E-state index contributed by atoms with van der Waals surface area (Å²) < 4.78 is 9.99. The Kier molecular flexibility index (Phi) is 5.92. The van der Waals surface area contributed by atoms with Crippen molar-refractivity contribution < 1.29 is 19.2 Å². The topological polar surface area (TPSA) is 105 Å². The summed E-state index contributed by atoms with van der Waals surface area (Å²) in [4.78, 5) is 21.8. The predicted octanol–water partition coefficient (Wildman–Crippen LogP) is 1.43. The zero-order valence-electron chi connectivity index (χ0n) is 11.5. The highest BCUT2D eigenvalue weighted by Gasteiger charge is 2.20. The minimum absolute atomic E-state index is 0.0898. The summed E-state index contributed by atoms with van der Waals surface area (Å²) in [7, 11) is 0. The summed E-state index contributed by atoms with van der Waals surface area (Å²) in [5, 5.41) is 11.0. The van der Waals surface area contributed by atoms with E-state index in [4.69, 9.17) is 15.2 Å². The van der Waals surface area contributed by atoms with E-state index >= 15 is 0 Å². The number of nitrogens with zero attached hydrogens (tertiary/aromatic N) is 1. The van der Waals surface area contributed by atoms with Crippen LogP contribution in [0, 0.1) is 10.1 Å². The van der Waals surface area contributed by atoms with Gasteiger partial charge in [0.1, 0.15) is 12.6 Å². The van der Waals surface area contributed by atoms with Crippen LogP contribution in [-0.4, -0.2) is 30.1 Å². The van der Waals surface area contributed by atoms with Crippen LogP contribution in [0.5, 0.6) is 5.75 Å². The van der Waals surface area contributed by atoms with Gasteiger partial charge in [0, 0.05) is 6.07 Å². The fourth-order valence-corrected chi connectivity index (χ4v) is 1.54. The first-order chi connectivity index (χ1) is 9.49. The maximum absolute atomic E-state index is 11.3. The quantitative estimate of drug-likeness (QED) is 0.460. The van der Waals surface area contributed by atoms with Gasteiger partial charge in [-0.15, -0.1) is 0 Å². The minimum atomic E-state index is -0.972. The van der Waals surface area contributed by atoms with E-state index in [1.165, 1.54) is 12.1 Å². The highest BCUT2D eigenvalue weighted by Crippen LogP contribution is 2.28. The van der Waals surface area contributed by atoms with Crippen molar-refractivity contribution in [1.29, 1.82) is 0 Å². The number of aryl methyl sites for hydroxylation is 1. The monoisotopic (exact) mass is 282 g/mol. The van der Waals surface area contributed by atoms with E-state index in [-0.39, 0.29) is 24.7 Å². The molecule has 1 rings (SSSR count). The number of nitrogens with two attached hydrogens (primary N) is 1. The number of hydrogen-bond acceptors (Lipinski definition) is 6. The highest BCUT2D eigenvalue weighted by atomic mass is 16.6. The molecule has 0 aliphatic carbocycles. The van der Waals surface area contributed by atoms with Gasteiger partial charge in [0.2, 0.25) is 0 Å². The van der Waals surface area contributed by atoms with Crippen LogP contribution in [0.3, 0.4) is 0 Å². The maximum atomic E-state index is 11.3. The van der Waals surface area contributed by atoms with Gasteiger partial charge in [0.15, 0.2) is 5.75 Å². The molecule has 0 fully saturated rings. The minimum Gasteiger partial charge on any atom is -0.485 e. The predicted molar refractivity (Wildman–Crippen MR) is 72.6 cm³/mol. The van der Waals surface area contributed by atoms with E-state index in [1.54, 1.807) is 13.0 Å². The van der Waals surface area contributed by atoms with Crippen LogP contribution in [-0.2, 0) is 16.0 Å². The van der Waals surface area contributed by atoms with Crippen LogP contribution in [0.4, 0.5) is 5.69 Å². The summed E-state index contributed by atoms with van der Waals surface area (Å²) in [6, 6.07) is 3.72. The Morgan fingerprint density at radius 1 is 1.45 bits per heavy atom. The lowest BCUT2D eigenvalue weighted by molar-refractivity contribution is -0.385. The standard InChI is InChI=1S/C13H18N2O5/c1-3-9-5-6-12(11(7-9)15(17)18)20-8-10(14)13(16)19-4-2/h5-7,10H,3-4,8,14H2,1-2H3. The van der Waals surface area contributed by atoms with Gasteiger partial charge in [-0.1, -0.05) is 13.0 Å². The molecule has 0 aromatic heterocycles. The zero-order chi connectivity index (χ0) is 15.1. The Hall–Kier alpha value is -2.15. The summed E-state index contributed by atoms with van der Waals surface area (Å²) in [5.41, 5.74) is 6.26. The number of esters is 1.